The number of halogens is 1. The molecule has 0 radical (unpaired) electrons. The third kappa shape index (κ3) is 3.95. The van der Waals surface area contributed by atoms with Crippen molar-refractivity contribution in [3.05, 3.63) is 34.9 Å². The first-order valence-electron chi connectivity index (χ1n) is 6.89. The lowest BCUT2D eigenvalue weighted by Gasteiger charge is -2.25. The summed E-state index contributed by atoms with van der Waals surface area (Å²) in [4.78, 5) is 14.1. The van der Waals surface area contributed by atoms with Gasteiger partial charge in [0.1, 0.15) is 6.10 Å². The van der Waals surface area contributed by atoms with Crippen LogP contribution in [-0.2, 0) is 9.53 Å². The van der Waals surface area contributed by atoms with Gasteiger partial charge in [-0.15, -0.1) is 0 Å². The Morgan fingerprint density at radius 1 is 1.45 bits per heavy atom. The maximum atomic E-state index is 12.0. The summed E-state index contributed by atoms with van der Waals surface area (Å²) in [7, 11) is 4.00. The minimum Gasteiger partial charge on any atom is -0.368 e. The Hall–Kier alpha value is -1.10. The molecule has 1 amide bonds. The van der Waals surface area contributed by atoms with E-state index in [2.05, 4.69) is 10.2 Å². The van der Waals surface area contributed by atoms with Gasteiger partial charge in [-0.25, -0.2) is 0 Å². The number of nitrogens with zero attached hydrogens (tertiary/aromatic N) is 1. The van der Waals surface area contributed by atoms with E-state index in [-0.39, 0.29) is 18.1 Å². The van der Waals surface area contributed by atoms with Crippen LogP contribution in [0.4, 0.5) is 0 Å². The lowest BCUT2D eigenvalue weighted by molar-refractivity contribution is -0.130. The van der Waals surface area contributed by atoms with Crippen molar-refractivity contribution in [3.63, 3.8) is 0 Å². The molecule has 0 saturated carbocycles. The van der Waals surface area contributed by atoms with Gasteiger partial charge in [-0.2, -0.15) is 0 Å². The molecule has 1 fully saturated rings. The Balaban J connectivity index is 1.95. The number of rotatable bonds is 5. The number of likely N-dealkylation sites (N-methyl/N-ethyl adjacent to an activating group) is 1. The number of carbonyl (C=O) groups excluding carboxylic acids is 1. The Morgan fingerprint density at radius 2 is 2.15 bits per heavy atom. The van der Waals surface area contributed by atoms with Gasteiger partial charge in [0.2, 0.25) is 5.91 Å². The molecule has 1 heterocycles. The van der Waals surface area contributed by atoms with E-state index in [4.69, 9.17) is 16.3 Å². The lowest BCUT2D eigenvalue weighted by Crippen LogP contribution is -2.39. The fourth-order valence-corrected chi connectivity index (χ4v) is 2.51. The molecule has 110 valence electrons. The van der Waals surface area contributed by atoms with Gasteiger partial charge in [-0.1, -0.05) is 23.7 Å². The predicted molar refractivity (Wildman–Crippen MR) is 79.9 cm³/mol. The molecule has 0 aliphatic carbocycles. The first-order chi connectivity index (χ1) is 9.58. The highest BCUT2D eigenvalue weighted by Crippen LogP contribution is 2.20. The van der Waals surface area contributed by atoms with Crippen molar-refractivity contribution in [3.8, 4) is 0 Å². The molecule has 1 aromatic carbocycles. The number of amides is 1. The summed E-state index contributed by atoms with van der Waals surface area (Å²) in [5.74, 6) is -0.0108. The molecule has 1 saturated heterocycles. The molecule has 20 heavy (non-hydrogen) atoms. The van der Waals surface area contributed by atoms with Gasteiger partial charge in [0.25, 0.3) is 0 Å². The van der Waals surface area contributed by atoms with Gasteiger partial charge in [0.05, 0.1) is 6.04 Å². The van der Waals surface area contributed by atoms with Crippen LogP contribution in [0.15, 0.2) is 24.3 Å². The van der Waals surface area contributed by atoms with E-state index in [0.717, 1.165) is 23.4 Å². The van der Waals surface area contributed by atoms with Gasteiger partial charge in [-0.3, -0.25) is 4.79 Å². The standard InChI is InChI=1S/C15H21ClN2O2/c1-18(2)13(11-5-7-12(16)8-6-11)10-17-15(19)14-4-3-9-20-14/h5-8,13-14H,3-4,9-10H2,1-2H3,(H,17,19). The summed E-state index contributed by atoms with van der Waals surface area (Å²) in [6.07, 6.45) is 1.51. The van der Waals surface area contributed by atoms with Crippen LogP contribution in [0.25, 0.3) is 0 Å². The molecular weight excluding hydrogens is 276 g/mol. The number of nitrogens with one attached hydrogen (secondary N) is 1. The highest BCUT2D eigenvalue weighted by atomic mass is 35.5. The fraction of sp³-hybridized carbons (Fsp3) is 0.533. The molecule has 2 atom stereocenters. The predicted octanol–water partition coefficient (Wildman–Crippen LogP) is 2.24. The smallest absolute Gasteiger partial charge is 0.249 e. The molecule has 4 nitrogen and oxygen atoms in total. The molecule has 1 aliphatic rings. The highest BCUT2D eigenvalue weighted by Gasteiger charge is 2.24. The summed E-state index contributed by atoms with van der Waals surface area (Å²) in [6.45, 7) is 1.25. The topological polar surface area (TPSA) is 41.6 Å². The van der Waals surface area contributed by atoms with Crippen molar-refractivity contribution < 1.29 is 9.53 Å². The van der Waals surface area contributed by atoms with Crippen molar-refractivity contribution in [1.29, 1.82) is 0 Å². The molecule has 2 rings (SSSR count). The normalized spacial score (nSPS) is 20.1. The van der Waals surface area contributed by atoms with E-state index in [9.17, 15) is 4.79 Å². The van der Waals surface area contributed by atoms with Gasteiger partial charge in [0, 0.05) is 18.2 Å². The second-order valence-electron chi connectivity index (χ2n) is 5.28. The van der Waals surface area contributed by atoms with Crippen LogP contribution in [-0.4, -0.2) is 44.2 Å². The molecular formula is C15H21ClN2O2. The number of carbonyl (C=O) groups is 1. The largest absolute Gasteiger partial charge is 0.368 e. The summed E-state index contributed by atoms with van der Waals surface area (Å²) >= 11 is 5.91. The first-order valence-corrected chi connectivity index (χ1v) is 7.27. The van der Waals surface area contributed by atoms with Crippen LogP contribution >= 0.6 is 11.6 Å². The number of benzene rings is 1. The quantitative estimate of drug-likeness (QED) is 0.906. The Labute approximate surface area is 125 Å². The van der Waals surface area contributed by atoms with Crippen molar-refractivity contribution in [2.75, 3.05) is 27.2 Å². The third-order valence-electron chi connectivity index (χ3n) is 3.57. The SMILES string of the molecule is CN(C)C(CNC(=O)C1CCCO1)c1ccc(Cl)cc1. The van der Waals surface area contributed by atoms with Gasteiger partial charge in [0.15, 0.2) is 0 Å². The van der Waals surface area contributed by atoms with Crippen molar-refractivity contribution in [2.45, 2.75) is 25.0 Å². The molecule has 0 bridgehead atoms. The monoisotopic (exact) mass is 296 g/mol. The van der Waals surface area contributed by atoms with E-state index >= 15 is 0 Å². The molecule has 5 heteroatoms. The Bertz CT molecular complexity index is 442. The van der Waals surface area contributed by atoms with Crippen LogP contribution in [0.2, 0.25) is 5.02 Å². The number of ether oxygens (including phenoxy) is 1. The highest BCUT2D eigenvalue weighted by molar-refractivity contribution is 6.30. The van der Waals surface area contributed by atoms with Gasteiger partial charge >= 0.3 is 0 Å². The Morgan fingerprint density at radius 3 is 2.70 bits per heavy atom. The summed E-state index contributed by atoms with van der Waals surface area (Å²) < 4.78 is 5.39. The second kappa shape index (κ2) is 7.07. The van der Waals surface area contributed by atoms with E-state index in [1.54, 1.807) is 0 Å². The van der Waals surface area contributed by atoms with Gasteiger partial charge in [-0.05, 0) is 44.6 Å². The number of hydrogen-bond donors (Lipinski definition) is 1. The van der Waals surface area contributed by atoms with E-state index in [0.29, 0.717) is 13.2 Å². The van der Waals surface area contributed by atoms with Crippen molar-refractivity contribution in [2.24, 2.45) is 0 Å². The minimum absolute atomic E-state index is 0.0108. The number of hydrogen-bond acceptors (Lipinski definition) is 3. The zero-order valence-corrected chi connectivity index (χ0v) is 12.7. The first kappa shape index (κ1) is 15.3. The molecule has 2 unspecified atom stereocenters. The molecule has 0 spiro atoms. The lowest BCUT2D eigenvalue weighted by atomic mass is 10.1. The third-order valence-corrected chi connectivity index (χ3v) is 3.82. The van der Waals surface area contributed by atoms with Gasteiger partial charge < -0.3 is 15.0 Å². The zero-order chi connectivity index (χ0) is 14.5. The summed E-state index contributed by atoms with van der Waals surface area (Å²) in [5, 5.41) is 3.70. The van der Waals surface area contributed by atoms with Crippen LogP contribution in [0.1, 0.15) is 24.4 Å². The fourth-order valence-electron chi connectivity index (χ4n) is 2.38. The summed E-state index contributed by atoms with van der Waals surface area (Å²) in [6, 6.07) is 7.85. The van der Waals surface area contributed by atoms with E-state index in [1.165, 1.54) is 0 Å². The maximum absolute atomic E-state index is 12.0. The van der Waals surface area contributed by atoms with Crippen LogP contribution in [0.3, 0.4) is 0 Å². The molecule has 1 N–H and O–H groups in total. The summed E-state index contributed by atoms with van der Waals surface area (Å²) in [5.41, 5.74) is 1.13. The molecule has 0 aromatic heterocycles. The average molecular weight is 297 g/mol. The van der Waals surface area contributed by atoms with E-state index < -0.39 is 0 Å². The average Bonchev–Trinajstić information content (AvgIpc) is 2.94. The minimum atomic E-state index is -0.275. The van der Waals surface area contributed by atoms with Crippen molar-refractivity contribution >= 4 is 17.5 Å². The van der Waals surface area contributed by atoms with Crippen LogP contribution in [0.5, 0.6) is 0 Å². The zero-order valence-electron chi connectivity index (χ0n) is 11.9. The maximum Gasteiger partial charge on any atom is 0.249 e. The van der Waals surface area contributed by atoms with Crippen LogP contribution in [0, 0.1) is 0 Å². The second-order valence-corrected chi connectivity index (χ2v) is 5.71. The van der Waals surface area contributed by atoms with Crippen molar-refractivity contribution in [1.82, 2.24) is 10.2 Å². The van der Waals surface area contributed by atoms with Crippen LogP contribution < -0.4 is 5.32 Å². The van der Waals surface area contributed by atoms with E-state index in [1.807, 2.05) is 38.4 Å². The molecule has 1 aliphatic heterocycles. The molecule has 1 aromatic rings. The Kier molecular flexibility index (Phi) is 5.40.